The molecule has 9 rings (SSSR count). The zero-order chi connectivity index (χ0) is 43.5. The Bertz CT molecular complexity index is 1600. The van der Waals surface area contributed by atoms with E-state index in [0.717, 1.165) is 32.2 Å². The lowest BCUT2D eigenvalue weighted by atomic mass is 9.47. The number of aliphatic hydroxyl groups excluding tert-OH is 8. The quantitative estimate of drug-likeness (QED) is 0.161. The van der Waals surface area contributed by atoms with E-state index in [-0.39, 0.29) is 22.7 Å². The van der Waals surface area contributed by atoms with Crippen LogP contribution in [-0.2, 0) is 33.2 Å². The molecule has 8 fully saturated rings. The number of hydrogen-bond acceptors (Lipinski definition) is 16. The van der Waals surface area contributed by atoms with E-state index in [1.807, 2.05) is 0 Å². The van der Waals surface area contributed by atoms with Gasteiger partial charge in [0.1, 0.15) is 66.8 Å². The molecular formula is C45H73NO15. The van der Waals surface area contributed by atoms with E-state index < -0.39 is 98.7 Å². The van der Waals surface area contributed by atoms with Gasteiger partial charge in [-0.15, -0.1) is 0 Å². The lowest BCUT2D eigenvalue weighted by Gasteiger charge is -2.59. The second-order valence-corrected chi connectivity index (χ2v) is 21.2. The molecule has 0 amide bonds. The fourth-order valence-electron chi connectivity index (χ4n) is 14.0. The number of aliphatic hydroxyl groups is 8. The highest BCUT2D eigenvalue weighted by molar-refractivity contribution is 5.26. The van der Waals surface area contributed by atoms with Gasteiger partial charge in [0.15, 0.2) is 18.9 Å². The third kappa shape index (κ3) is 7.52. The number of piperidine rings is 1. The van der Waals surface area contributed by atoms with E-state index in [1.165, 1.54) is 38.7 Å². The number of nitrogens with one attached hydrogen (secondary N) is 1. The number of fused-ring (bicyclic) bond motifs is 7. The van der Waals surface area contributed by atoms with Gasteiger partial charge in [0, 0.05) is 12.5 Å². The van der Waals surface area contributed by atoms with Gasteiger partial charge in [-0.1, -0.05) is 39.3 Å². The third-order valence-electron chi connectivity index (χ3n) is 17.8. The minimum atomic E-state index is -1.68. The Kier molecular flexibility index (Phi) is 12.4. The van der Waals surface area contributed by atoms with Gasteiger partial charge in [-0.3, -0.25) is 5.32 Å². The van der Waals surface area contributed by atoms with Crippen LogP contribution < -0.4 is 5.32 Å². The summed E-state index contributed by atoms with van der Waals surface area (Å²) in [6.07, 6.45) is -9.50. The Morgan fingerprint density at radius 2 is 1.39 bits per heavy atom. The van der Waals surface area contributed by atoms with Crippen LogP contribution in [0.3, 0.4) is 0 Å². The van der Waals surface area contributed by atoms with Crippen LogP contribution in [0.2, 0.25) is 0 Å². The van der Waals surface area contributed by atoms with Crippen LogP contribution in [-0.4, -0.2) is 164 Å². The summed E-state index contributed by atoms with van der Waals surface area (Å²) in [5, 5.41) is 89.5. The number of ether oxygens (including phenoxy) is 7. The fraction of sp³-hybridized carbons (Fsp3) is 0.956. The van der Waals surface area contributed by atoms with E-state index in [4.69, 9.17) is 33.2 Å². The van der Waals surface area contributed by atoms with E-state index in [1.54, 1.807) is 0 Å². The van der Waals surface area contributed by atoms with Crippen molar-refractivity contribution in [2.45, 2.75) is 209 Å². The zero-order valence-corrected chi connectivity index (χ0v) is 36.6. The van der Waals surface area contributed by atoms with Crippen molar-refractivity contribution < 1.29 is 74.0 Å². The molecule has 16 nitrogen and oxygen atoms in total. The highest BCUT2D eigenvalue weighted by Crippen LogP contribution is 2.70. The molecule has 3 saturated carbocycles. The van der Waals surface area contributed by atoms with E-state index in [2.05, 4.69) is 39.1 Å². The molecular weight excluding hydrogens is 794 g/mol. The first kappa shape index (κ1) is 45.3. The van der Waals surface area contributed by atoms with Crippen molar-refractivity contribution >= 4 is 0 Å². The summed E-state index contributed by atoms with van der Waals surface area (Å²) in [5.41, 5.74) is 1.41. The molecule has 16 heteroatoms. The number of rotatable bonds is 7. The minimum Gasteiger partial charge on any atom is -0.388 e. The maximum Gasteiger partial charge on any atom is 0.187 e. The van der Waals surface area contributed by atoms with Crippen LogP contribution >= 0.6 is 0 Å². The average molecular weight is 868 g/mol. The number of allylic oxidation sites excluding steroid dienone is 1. The SMILES string of the molecule is CC1CCC2(NC1)OC1CC3C4CC=C5CC(OC6OC(COC7OC(C)C(O)C(O)C7O)C(O)C(O)C6OC6OC(C)C(O)C(O)C6O)CCC5(C)C4CCC3(C)C1C2C. The second kappa shape index (κ2) is 16.8. The highest BCUT2D eigenvalue weighted by atomic mass is 16.8. The standard InChI is InChI=1S/C45H73NO15/c1-19-9-14-45(46-17-19)20(2)30-28(61-45)16-27-25-8-7-23-15-24(10-12-43(23,5)26(25)11-13-44(27,30)6)58-42-39(60-41-38(54)35(51)32(48)22(4)57-41)36(52)33(49)29(59-42)18-55-40-37(53)34(50)31(47)21(3)56-40/h7,19-22,24-42,46-54H,8-18H2,1-6H3. The van der Waals surface area contributed by atoms with E-state index in [0.29, 0.717) is 54.5 Å². The summed E-state index contributed by atoms with van der Waals surface area (Å²) in [6.45, 7) is 13.4. The summed E-state index contributed by atoms with van der Waals surface area (Å²) in [6, 6.07) is 0. The van der Waals surface area contributed by atoms with Crippen LogP contribution in [0.1, 0.15) is 99.3 Å². The molecule has 0 aromatic rings. The highest BCUT2D eigenvalue weighted by Gasteiger charge is 2.68. The molecule has 0 aromatic heterocycles. The monoisotopic (exact) mass is 867 g/mol. The molecule has 5 saturated heterocycles. The minimum absolute atomic E-state index is 0.00472. The summed E-state index contributed by atoms with van der Waals surface area (Å²) in [4.78, 5) is 0. The molecule has 1 spiro atoms. The maximum atomic E-state index is 11.6. The summed E-state index contributed by atoms with van der Waals surface area (Å²) >= 11 is 0. The van der Waals surface area contributed by atoms with Gasteiger partial charge < -0.3 is 74.0 Å². The van der Waals surface area contributed by atoms with Crippen LogP contribution in [0.25, 0.3) is 0 Å². The molecule has 61 heavy (non-hydrogen) atoms. The molecule has 5 heterocycles. The van der Waals surface area contributed by atoms with Gasteiger partial charge in [-0.25, -0.2) is 0 Å². The van der Waals surface area contributed by atoms with Gasteiger partial charge >= 0.3 is 0 Å². The molecule has 5 aliphatic heterocycles. The fourth-order valence-corrected chi connectivity index (χ4v) is 14.0. The molecule has 0 aromatic carbocycles. The first-order chi connectivity index (χ1) is 28.9. The van der Waals surface area contributed by atoms with Crippen molar-refractivity contribution in [3.63, 3.8) is 0 Å². The van der Waals surface area contributed by atoms with Crippen molar-refractivity contribution in [3.8, 4) is 0 Å². The zero-order valence-electron chi connectivity index (χ0n) is 36.6. The summed E-state index contributed by atoms with van der Waals surface area (Å²) < 4.78 is 43.3. The van der Waals surface area contributed by atoms with Crippen LogP contribution in [0.5, 0.6) is 0 Å². The summed E-state index contributed by atoms with van der Waals surface area (Å²) in [7, 11) is 0. The van der Waals surface area contributed by atoms with Crippen molar-refractivity contribution in [2.75, 3.05) is 13.2 Å². The Labute approximate surface area is 359 Å². The van der Waals surface area contributed by atoms with Crippen molar-refractivity contribution in [2.24, 2.45) is 46.3 Å². The van der Waals surface area contributed by atoms with E-state index >= 15 is 0 Å². The van der Waals surface area contributed by atoms with Gasteiger partial charge in [-0.05, 0) is 112 Å². The molecule has 4 aliphatic carbocycles. The molecule has 0 radical (unpaired) electrons. The lowest BCUT2D eigenvalue weighted by molar-refractivity contribution is -0.374. The molecule has 9 N–H and O–H groups in total. The Balaban J connectivity index is 0.902. The molecule has 26 unspecified atom stereocenters. The van der Waals surface area contributed by atoms with Crippen LogP contribution in [0.15, 0.2) is 11.6 Å². The predicted molar refractivity (Wildman–Crippen MR) is 215 cm³/mol. The smallest absolute Gasteiger partial charge is 0.187 e. The molecule has 0 bridgehead atoms. The third-order valence-corrected chi connectivity index (χ3v) is 17.8. The lowest BCUT2D eigenvalue weighted by Crippen LogP contribution is -2.65. The Morgan fingerprint density at radius 3 is 2.08 bits per heavy atom. The van der Waals surface area contributed by atoms with Crippen molar-refractivity contribution in [3.05, 3.63) is 11.6 Å². The normalized spacial score (nSPS) is 58.4. The largest absolute Gasteiger partial charge is 0.388 e. The first-order valence-electron chi connectivity index (χ1n) is 23.3. The van der Waals surface area contributed by atoms with Gasteiger partial charge in [-0.2, -0.15) is 0 Å². The first-order valence-corrected chi connectivity index (χ1v) is 23.3. The van der Waals surface area contributed by atoms with E-state index in [9.17, 15) is 40.9 Å². The topological polar surface area (TPSA) is 238 Å². The van der Waals surface area contributed by atoms with Crippen molar-refractivity contribution in [1.29, 1.82) is 0 Å². The van der Waals surface area contributed by atoms with Crippen molar-refractivity contribution in [1.82, 2.24) is 5.32 Å². The number of hydrogen-bond donors (Lipinski definition) is 9. The molecule has 9 aliphatic rings. The molecule has 348 valence electrons. The van der Waals surface area contributed by atoms with Gasteiger partial charge in [0.2, 0.25) is 0 Å². The molecule has 26 atom stereocenters. The van der Waals surface area contributed by atoms with Crippen LogP contribution in [0.4, 0.5) is 0 Å². The average Bonchev–Trinajstić information content (AvgIpc) is 3.68. The Morgan fingerprint density at radius 1 is 0.705 bits per heavy atom. The second-order valence-electron chi connectivity index (χ2n) is 21.2. The van der Waals surface area contributed by atoms with Gasteiger partial charge in [0.05, 0.1) is 31.0 Å². The van der Waals surface area contributed by atoms with Crippen LogP contribution in [0, 0.1) is 46.3 Å². The maximum absolute atomic E-state index is 11.6. The summed E-state index contributed by atoms with van der Waals surface area (Å²) in [5.74, 6) is 3.43. The van der Waals surface area contributed by atoms with Gasteiger partial charge in [0.25, 0.3) is 0 Å². The predicted octanol–water partition coefficient (Wildman–Crippen LogP) is 0.815. The Hall–Kier alpha value is -0.900.